The first kappa shape index (κ1) is 12.5. The maximum absolute atomic E-state index is 12.9. The lowest BCUT2D eigenvalue weighted by Gasteiger charge is -2.14. The fourth-order valence-corrected chi connectivity index (χ4v) is 2.13. The highest BCUT2D eigenvalue weighted by atomic mass is 19.2. The summed E-state index contributed by atoms with van der Waals surface area (Å²) in [6.07, 6.45) is 2.59. The number of nitrogens with one attached hydrogen (secondary N) is 1. The van der Waals surface area contributed by atoms with Crippen molar-refractivity contribution in [1.29, 1.82) is 0 Å². The van der Waals surface area contributed by atoms with Crippen molar-refractivity contribution in [2.45, 2.75) is 19.4 Å². The summed E-state index contributed by atoms with van der Waals surface area (Å²) in [6.45, 7) is 4.88. The second-order valence-electron chi connectivity index (χ2n) is 4.47. The van der Waals surface area contributed by atoms with Gasteiger partial charge in [-0.15, -0.1) is 0 Å². The van der Waals surface area contributed by atoms with Crippen molar-refractivity contribution >= 4 is 0 Å². The molecule has 1 N–H and O–H groups in total. The van der Waals surface area contributed by atoms with E-state index in [-0.39, 0.29) is 0 Å². The van der Waals surface area contributed by atoms with Crippen LogP contribution < -0.4 is 5.32 Å². The maximum atomic E-state index is 12.9. The van der Waals surface area contributed by atoms with E-state index in [9.17, 15) is 8.78 Å². The lowest BCUT2D eigenvalue weighted by molar-refractivity contribution is 0.335. The van der Waals surface area contributed by atoms with Crippen molar-refractivity contribution in [2.24, 2.45) is 0 Å². The van der Waals surface area contributed by atoms with Gasteiger partial charge in [0, 0.05) is 19.6 Å². The molecule has 17 heavy (non-hydrogen) atoms. The van der Waals surface area contributed by atoms with Gasteiger partial charge < -0.3 is 10.2 Å². The first-order valence-corrected chi connectivity index (χ1v) is 6.13. The molecule has 1 fully saturated rings. The molecule has 0 amide bonds. The molecule has 0 aromatic heterocycles. The minimum atomic E-state index is -0.786. The van der Waals surface area contributed by atoms with Gasteiger partial charge in [0.2, 0.25) is 0 Å². The molecule has 0 bridgehead atoms. The molecule has 4 heteroatoms. The van der Waals surface area contributed by atoms with Crippen LogP contribution in [-0.4, -0.2) is 31.1 Å². The largest absolute Gasteiger partial charge is 0.311 e. The lowest BCUT2D eigenvalue weighted by Crippen LogP contribution is -2.29. The first-order chi connectivity index (χ1) is 8.25. The number of likely N-dealkylation sites (tertiary alicyclic amines) is 1. The average molecular weight is 240 g/mol. The SMILES string of the molecule is Fc1ccc(CNCCN2CCCC2)cc1F. The van der Waals surface area contributed by atoms with Crippen LogP contribution in [-0.2, 0) is 6.54 Å². The van der Waals surface area contributed by atoms with Gasteiger partial charge in [0.05, 0.1) is 0 Å². The maximum Gasteiger partial charge on any atom is 0.159 e. The second-order valence-corrected chi connectivity index (χ2v) is 4.47. The predicted molar refractivity (Wildman–Crippen MR) is 63.7 cm³/mol. The fourth-order valence-electron chi connectivity index (χ4n) is 2.13. The molecule has 0 radical (unpaired) electrons. The summed E-state index contributed by atoms with van der Waals surface area (Å²) in [5, 5.41) is 3.24. The van der Waals surface area contributed by atoms with Crippen molar-refractivity contribution in [2.75, 3.05) is 26.2 Å². The fraction of sp³-hybridized carbons (Fsp3) is 0.538. The van der Waals surface area contributed by atoms with Crippen molar-refractivity contribution < 1.29 is 8.78 Å². The van der Waals surface area contributed by atoms with Crippen LogP contribution in [0.3, 0.4) is 0 Å². The summed E-state index contributed by atoms with van der Waals surface area (Å²) in [7, 11) is 0. The van der Waals surface area contributed by atoms with E-state index >= 15 is 0 Å². The van der Waals surface area contributed by atoms with Gasteiger partial charge in [-0.25, -0.2) is 8.78 Å². The predicted octanol–water partition coefficient (Wildman–Crippen LogP) is 2.15. The van der Waals surface area contributed by atoms with Crippen LogP contribution in [0.15, 0.2) is 18.2 Å². The molecule has 2 nitrogen and oxygen atoms in total. The zero-order valence-corrected chi connectivity index (χ0v) is 9.88. The van der Waals surface area contributed by atoms with Crippen molar-refractivity contribution in [3.05, 3.63) is 35.4 Å². The van der Waals surface area contributed by atoms with E-state index < -0.39 is 11.6 Å². The van der Waals surface area contributed by atoms with E-state index in [0.717, 1.165) is 18.7 Å². The first-order valence-electron chi connectivity index (χ1n) is 6.13. The Morgan fingerprint density at radius 1 is 1.12 bits per heavy atom. The Morgan fingerprint density at radius 2 is 1.88 bits per heavy atom. The molecule has 0 saturated carbocycles. The third kappa shape index (κ3) is 3.75. The summed E-state index contributed by atoms with van der Waals surface area (Å²) in [4.78, 5) is 2.41. The quantitative estimate of drug-likeness (QED) is 0.793. The molecule has 1 heterocycles. The Labute approximate surface area is 101 Å². The number of hydrogen-bond acceptors (Lipinski definition) is 2. The van der Waals surface area contributed by atoms with Gasteiger partial charge in [-0.05, 0) is 43.6 Å². The molecule has 1 aromatic carbocycles. The van der Waals surface area contributed by atoms with Crippen LogP contribution in [0.1, 0.15) is 18.4 Å². The molecule has 1 saturated heterocycles. The molecule has 1 aliphatic rings. The minimum Gasteiger partial charge on any atom is -0.311 e. The minimum absolute atomic E-state index is 0.588. The van der Waals surface area contributed by atoms with Crippen LogP contribution in [0.2, 0.25) is 0 Å². The summed E-state index contributed by atoms with van der Waals surface area (Å²) in [6, 6.07) is 4.03. The topological polar surface area (TPSA) is 15.3 Å². The third-order valence-electron chi connectivity index (χ3n) is 3.12. The van der Waals surface area contributed by atoms with E-state index in [2.05, 4.69) is 10.2 Å². The van der Waals surface area contributed by atoms with Gasteiger partial charge in [0.25, 0.3) is 0 Å². The van der Waals surface area contributed by atoms with Crippen LogP contribution in [0.25, 0.3) is 0 Å². The Hall–Kier alpha value is -1.00. The van der Waals surface area contributed by atoms with Gasteiger partial charge in [-0.3, -0.25) is 0 Å². The molecule has 2 rings (SSSR count). The van der Waals surface area contributed by atoms with Crippen molar-refractivity contribution in [3.8, 4) is 0 Å². The van der Waals surface area contributed by atoms with Gasteiger partial charge in [-0.2, -0.15) is 0 Å². The van der Waals surface area contributed by atoms with Crippen LogP contribution in [0.4, 0.5) is 8.78 Å². The third-order valence-corrected chi connectivity index (χ3v) is 3.12. The van der Waals surface area contributed by atoms with E-state index in [4.69, 9.17) is 0 Å². The summed E-state index contributed by atoms with van der Waals surface area (Å²) < 4.78 is 25.6. The highest BCUT2D eigenvalue weighted by Gasteiger charge is 2.10. The number of hydrogen-bond donors (Lipinski definition) is 1. The highest BCUT2D eigenvalue weighted by molar-refractivity contribution is 5.17. The van der Waals surface area contributed by atoms with Crippen molar-refractivity contribution in [3.63, 3.8) is 0 Å². The summed E-state index contributed by atoms with van der Waals surface area (Å²) >= 11 is 0. The van der Waals surface area contributed by atoms with Gasteiger partial charge in [0.1, 0.15) is 0 Å². The Morgan fingerprint density at radius 3 is 2.59 bits per heavy atom. The van der Waals surface area contributed by atoms with Crippen LogP contribution in [0, 0.1) is 11.6 Å². The van der Waals surface area contributed by atoms with E-state index in [1.807, 2.05) is 0 Å². The van der Waals surface area contributed by atoms with Gasteiger partial charge >= 0.3 is 0 Å². The molecular formula is C13H18F2N2. The Bertz CT molecular complexity index is 362. The van der Waals surface area contributed by atoms with Gasteiger partial charge in [-0.1, -0.05) is 6.07 Å². The van der Waals surface area contributed by atoms with E-state index in [0.29, 0.717) is 6.54 Å². The van der Waals surface area contributed by atoms with Gasteiger partial charge in [0.15, 0.2) is 11.6 Å². The summed E-state index contributed by atoms with van der Waals surface area (Å²) in [5.74, 6) is -1.56. The highest BCUT2D eigenvalue weighted by Crippen LogP contribution is 2.08. The zero-order valence-electron chi connectivity index (χ0n) is 9.88. The van der Waals surface area contributed by atoms with E-state index in [1.165, 1.54) is 38.1 Å². The standard InChI is InChI=1S/C13H18F2N2/c14-12-4-3-11(9-13(12)15)10-16-5-8-17-6-1-2-7-17/h3-4,9,16H,1-2,5-8,10H2. The smallest absolute Gasteiger partial charge is 0.159 e. The molecule has 1 aliphatic heterocycles. The molecule has 0 unspecified atom stereocenters. The number of halogens is 2. The van der Waals surface area contributed by atoms with Crippen LogP contribution >= 0.6 is 0 Å². The molecule has 94 valence electrons. The summed E-state index contributed by atoms with van der Waals surface area (Å²) in [5.41, 5.74) is 0.783. The monoisotopic (exact) mass is 240 g/mol. The molecule has 0 atom stereocenters. The number of nitrogens with zero attached hydrogens (tertiary/aromatic N) is 1. The van der Waals surface area contributed by atoms with Crippen molar-refractivity contribution in [1.82, 2.24) is 10.2 Å². The zero-order chi connectivity index (χ0) is 12.1. The van der Waals surface area contributed by atoms with Crippen LogP contribution in [0.5, 0.6) is 0 Å². The normalized spacial score (nSPS) is 16.6. The Balaban J connectivity index is 1.68. The lowest BCUT2D eigenvalue weighted by atomic mass is 10.2. The molecule has 0 aliphatic carbocycles. The average Bonchev–Trinajstić information content (AvgIpc) is 2.82. The Kier molecular flexibility index (Phi) is 4.45. The number of rotatable bonds is 5. The molecular weight excluding hydrogens is 222 g/mol. The second kappa shape index (κ2) is 6.07. The molecule has 1 aromatic rings. The van der Waals surface area contributed by atoms with E-state index in [1.54, 1.807) is 6.07 Å². The number of benzene rings is 1. The molecule has 0 spiro atoms.